The highest BCUT2D eigenvalue weighted by atomic mass is 35.5. The van der Waals surface area contributed by atoms with Gasteiger partial charge >= 0.3 is 0 Å². The van der Waals surface area contributed by atoms with Gasteiger partial charge in [0, 0.05) is 18.8 Å². The summed E-state index contributed by atoms with van der Waals surface area (Å²) in [5.41, 5.74) is 3.13. The lowest BCUT2D eigenvalue weighted by Crippen LogP contribution is -2.48. The van der Waals surface area contributed by atoms with Crippen molar-refractivity contribution >= 4 is 46.8 Å². The summed E-state index contributed by atoms with van der Waals surface area (Å²) in [4.78, 5) is 27.2. The maximum absolute atomic E-state index is 13.0. The number of amides is 2. The Hall–Kier alpha value is -1.69. The lowest BCUT2D eigenvalue weighted by Gasteiger charge is -2.29. The minimum atomic E-state index is -0.546. The second-order valence-electron chi connectivity index (χ2n) is 7.22. The van der Waals surface area contributed by atoms with Crippen molar-refractivity contribution in [2.45, 2.75) is 45.5 Å². The zero-order chi connectivity index (χ0) is 22.1. The molecule has 0 saturated carbocycles. The molecular weight excluding hydrogens is 439 g/mol. The molecule has 0 bridgehead atoms. The van der Waals surface area contributed by atoms with Crippen LogP contribution in [0.5, 0.6) is 0 Å². The van der Waals surface area contributed by atoms with Gasteiger partial charge in [-0.15, -0.1) is 11.8 Å². The molecule has 0 aliphatic carbocycles. The zero-order valence-corrected chi connectivity index (χ0v) is 19.9. The highest BCUT2D eigenvalue weighted by molar-refractivity contribution is 7.99. The molecule has 2 amide bonds. The number of benzene rings is 2. The van der Waals surface area contributed by atoms with Gasteiger partial charge in [-0.1, -0.05) is 66.0 Å². The van der Waals surface area contributed by atoms with Crippen LogP contribution in [0.15, 0.2) is 42.5 Å². The molecule has 1 atom stereocenters. The average molecular weight is 467 g/mol. The van der Waals surface area contributed by atoms with E-state index in [-0.39, 0.29) is 17.6 Å². The second-order valence-corrected chi connectivity index (χ2v) is 9.02. The van der Waals surface area contributed by atoms with E-state index in [1.165, 1.54) is 11.8 Å². The summed E-state index contributed by atoms with van der Waals surface area (Å²) < 4.78 is 0. The van der Waals surface area contributed by atoms with Crippen molar-refractivity contribution in [1.29, 1.82) is 0 Å². The minimum absolute atomic E-state index is 0.0688. The van der Waals surface area contributed by atoms with Gasteiger partial charge in [-0.05, 0) is 43.5 Å². The number of halogens is 2. The lowest BCUT2D eigenvalue weighted by atomic mass is 10.1. The van der Waals surface area contributed by atoms with Crippen molar-refractivity contribution in [3.05, 3.63) is 69.2 Å². The summed E-state index contributed by atoms with van der Waals surface area (Å²) in [5, 5.41) is 3.91. The van der Waals surface area contributed by atoms with Gasteiger partial charge in [0.2, 0.25) is 11.8 Å². The van der Waals surface area contributed by atoms with Gasteiger partial charge in [-0.3, -0.25) is 9.59 Å². The van der Waals surface area contributed by atoms with E-state index >= 15 is 0 Å². The zero-order valence-electron chi connectivity index (χ0n) is 17.6. The Kier molecular flexibility index (Phi) is 10.0. The highest BCUT2D eigenvalue weighted by Crippen LogP contribution is 2.25. The number of hydrogen-bond acceptors (Lipinski definition) is 3. The number of rotatable bonds is 10. The molecule has 0 radical (unpaired) electrons. The number of thioether (sulfide) groups is 1. The first-order chi connectivity index (χ1) is 14.3. The predicted octanol–water partition coefficient (Wildman–Crippen LogP) is 5.48. The molecule has 1 N–H and O–H groups in total. The Balaban J connectivity index is 2.06. The number of carbonyl (C=O) groups excluding carboxylic acids is 2. The van der Waals surface area contributed by atoms with Crippen LogP contribution >= 0.6 is 35.0 Å². The van der Waals surface area contributed by atoms with Crippen LogP contribution in [0.2, 0.25) is 10.0 Å². The van der Waals surface area contributed by atoms with Crippen LogP contribution < -0.4 is 5.32 Å². The van der Waals surface area contributed by atoms with Crippen LogP contribution in [0.4, 0.5) is 0 Å². The molecule has 0 aromatic heterocycles. The molecule has 2 rings (SSSR count). The molecule has 2 aromatic rings. The van der Waals surface area contributed by atoms with E-state index in [1.807, 2.05) is 50.2 Å². The number of carbonyl (C=O) groups is 2. The van der Waals surface area contributed by atoms with Gasteiger partial charge in [0.1, 0.15) is 6.04 Å². The normalized spacial score (nSPS) is 11.8. The third-order valence-corrected chi connectivity index (χ3v) is 6.36. The largest absolute Gasteiger partial charge is 0.354 e. The Morgan fingerprint density at radius 2 is 1.87 bits per heavy atom. The quantitative estimate of drug-likeness (QED) is 0.504. The van der Waals surface area contributed by atoms with E-state index in [0.717, 1.165) is 23.1 Å². The van der Waals surface area contributed by atoms with Gasteiger partial charge in [-0.2, -0.15) is 0 Å². The summed E-state index contributed by atoms with van der Waals surface area (Å²) in [6.45, 7) is 6.79. The Morgan fingerprint density at radius 3 is 2.53 bits per heavy atom. The standard InChI is InChI=1S/C23H28Cl2N2O2S/c1-4-10-26-23(29)17(3)27(13-18-7-5-6-16(2)11-18)22(28)15-30-14-19-8-9-20(24)21(25)12-19/h5-9,11-12,17H,4,10,13-15H2,1-3H3,(H,26,29)/t17-/m1/s1. The molecule has 0 heterocycles. The number of hydrogen-bond donors (Lipinski definition) is 1. The highest BCUT2D eigenvalue weighted by Gasteiger charge is 2.25. The van der Waals surface area contributed by atoms with Gasteiger partial charge in [0.15, 0.2) is 0 Å². The van der Waals surface area contributed by atoms with Crippen molar-refractivity contribution in [1.82, 2.24) is 10.2 Å². The van der Waals surface area contributed by atoms with Crippen molar-refractivity contribution in [2.75, 3.05) is 12.3 Å². The molecule has 0 unspecified atom stereocenters. The molecule has 0 fully saturated rings. The fraction of sp³-hybridized carbons (Fsp3) is 0.391. The summed E-state index contributed by atoms with van der Waals surface area (Å²) in [6.07, 6.45) is 0.851. The van der Waals surface area contributed by atoms with E-state index in [4.69, 9.17) is 23.2 Å². The van der Waals surface area contributed by atoms with Crippen molar-refractivity contribution in [3.63, 3.8) is 0 Å². The summed E-state index contributed by atoms with van der Waals surface area (Å²) in [5.74, 6) is 0.711. The third kappa shape index (κ3) is 7.53. The molecule has 0 spiro atoms. The monoisotopic (exact) mass is 466 g/mol. The van der Waals surface area contributed by atoms with Gasteiger partial charge < -0.3 is 10.2 Å². The second kappa shape index (κ2) is 12.2. The van der Waals surface area contributed by atoms with Crippen molar-refractivity contribution in [3.8, 4) is 0 Å². The first kappa shape index (κ1) is 24.6. The maximum Gasteiger partial charge on any atom is 0.242 e. The number of nitrogens with one attached hydrogen (secondary N) is 1. The summed E-state index contributed by atoms with van der Waals surface area (Å²) in [6, 6.07) is 12.9. The Morgan fingerprint density at radius 1 is 1.10 bits per heavy atom. The molecule has 0 saturated heterocycles. The SMILES string of the molecule is CCCNC(=O)[C@@H](C)N(Cc1cccc(C)c1)C(=O)CSCc1ccc(Cl)c(Cl)c1. The Bertz CT molecular complexity index is 876. The van der Waals surface area contributed by atoms with Crippen LogP contribution in [0.1, 0.15) is 37.0 Å². The van der Waals surface area contributed by atoms with E-state index < -0.39 is 6.04 Å². The van der Waals surface area contributed by atoms with Crippen molar-refractivity contribution in [2.24, 2.45) is 0 Å². The van der Waals surface area contributed by atoms with E-state index in [9.17, 15) is 9.59 Å². The van der Waals surface area contributed by atoms with Crippen LogP contribution in [-0.4, -0.2) is 35.1 Å². The first-order valence-corrected chi connectivity index (χ1v) is 11.9. The van der Waals surface area contributed by atoms with E-state index in [1.54, 1.807) is 17.9 Å². The predicted molar refractivity (Wildman–Crippen MR) is 127 cm³/mol. The van der Waals surface area contributed by atoms with Gasteiger partial charge in [0.05, 0.1) is 15.8 Å². The lowest BCUT2D eigenvalue weighted by molar-refractivity contribution is -0.138. The van der Waals surface area contributed by atoms with Crippen LogP contribution in [0.25, 0.3) is 0 Å². The fourth-order valence-corrected chi connectivity index (χ4v) is 4.13. The summed E-state index contributed by atoms with van der Waals surface area (Å²) in [7, 11) is 0. The molecular formula is C23H28Cl2N2O2S. The molecule has 0 aliphatic heterocycles. The molecule has 162 valence electrons. The molecule has 2 aromatic carbocycles. The minimum Gasteiger partial charge on any atom is -0.354 e. The first-order valence-electron chi connectivity index (χ1n) is 9.96. The van der Waals surface area contributed by atoms with Crippen LogP contribution in [0, 0.1) is 6.92 Å². The smallest absolute Gasteiger partial charge is 0.242 e. The fourth-order valence-electron chi connectivity index (χ4n) is 2.95. The Labute approximate surface area is 193 Å². The average Bonchev–Trinajstić information content (AvgIpc) is 2.72. The number of aryl methyl sites for hydroxylation is 1. The topological polar surface area (TPSA) is 49.4 Å². The van der Waals surface area contributed by atoms with Crippen LogP contribution in [-0.2, 0) is 21.9 Å². The van der Waals surface area contributed by atoms with E-state index in [2.05, 4.69) is 5.32 Å². The molecule has 30 heavy (non-hydrogen) atoms. The maximum atomic E-state index is 13.0. The third-order valence-electron chi connectivity index (χ3n) is 4.63. The number of nitrogens with zero attached hydrogens (tertiary/aromatic N) is 1. The van der Waals surface area contributed by atoms with E-state index in [0.29, 0.717) is 28.9 Å². The van der Waals surface area contributed by atoms with Crippen molar-refractivity contribution < 1.29 is 9.59 Å². The molecule has 4 nitrogen and oxygen atoms in total. The summed E-state index contributed by atoms with van der Waals surface area (Å²) >= 11 is 13.5. The van der Waals surface area contributed by atoms with Crippen LogP contribution in [0.3, 0.4) is 0 Å². The van der Waals surface area contributed by atoms with Gasteiger partial charge in [0.25, 0.3) is 0 Å². The molecule has 0 aliphatic rings. The van der Waals surface area contributed by atoms with Gasteiger partial charge in [-0.25, -0.2) is 0 Å². The molecule has 7 heteroatoms.